The summed E-state index contributed by atoms with van der Waals surface area (Å²) < 4.78 is 21.7. The van der Waals surface area contributed by atoms with E-state index in [2.05, 4.69) is 32.7 Å². The maximum atomic E-state index is 15.0. The summed E-state index contributed by atoms with van der Waals surface area (Å²) in [5.74, 6) is -0.336. The molecule has 2 N–H and O–H groups in total. The lowest BCUT2D eigenvalue weighted by Gasteiger charge is -2.36. The zero-order chi connectivity index (χ0) is 24.2. The van der Waals surface area contributed by atoms with Crippen molar-refractivity contribution in [2.75, 3.05) is 60.9 Å². The molecule has 0 bridgehead atoms. The summed E-state index contributed by atoms with van der Waals surface area (Å²) in [5, 5.41) is 16.6. The molecule has 12 nitrogen and oxygen atoms in total. The molecule has 182 valence electrons. The summed E-state index contributed by atoms with van der Waals surface area (Å²) in [6.07, 6.45) is -0.827. The smallest absolute Gasteiger partial charge is 0.414 e. The van der Waals surface area contributed by atoms with Gasteiger partial charge in [0.15, 0.2) is 0 Å². The Bertz CT molecular complexity index is 1070. The number of hydrogen-bond donors (Lipinski definition) is 2. The number of anilines is 3. The van der Waals surface area contributed by atoms with E-state index in [0.29, 0.717) is 50.6 Å². The van der Waals surface area contributed by atoms with E-state index >= 15 is 0 Å². The molecule has 0 aliphatic carbocycles. The fourth-order valence-corrected chi connectivity index (χ4v) is 3.90. The van der Waals surface area contributed by atoms with Crippen LogP contribution < -0.4 is 20.4 Å². The van der Waals surface area contributed by atoms with Gasteiger partial charge in [0, 0.05) is 38.9 Å². The Hall–Kier alpha value is -3.74. The summed E-state index contributed by atoms with van der Waals surface area (Å²) in [5.41, 5.74) is 1.71. The first-order chi connectivity index (χ1) is 16.3. The largest absolute Gasteiger partial charge is 0.442 e. The number of allylic oxidation sites excluding steroid dienone is 1. The number of carbonyl (C=O) groups excluding carboxylic acids is 2. The van der Waals surface area contributed by atoms with Crippen molar-refractivity contribution in [1.82, 2.24) is 30.4 Å². The molecule has 0 unspecified atom stereocenters. The third-order valence-electron chi connectivity index (χ3n) is 5.70. The van der Waals surface area contributed by atoms with E-state index in [-0.39, 0.29) is 24.5 Å². The van der Waals surface area contributed by atoms with Gasteiger partial charge in [0.2, 0.25) is 11.9 Å². The summed E-state index contributed by atoms with van der Waals surface area (Å²) in [6.45, 7) is 8.91. The number of halogens is 1. The van der Waals surface area contributed by atoms with Crippen molar-refractivity contribution in [2.45, 2.75) is 13.0 Å². The number of aryl methyl sites for hydroxylation is 1. The zero-order valence-electron chi connectivity index (χ0n) is 19.2. The van der Waals surface area contributed by atoms with E-state index < -0.39 is 11.9 Å². The highest BCUT2D eigenvalue weighted by Crippen LogP contribution is 2.28. The van der Waals surface area contributed by atoms with Crippen LogP contribution in [0.5, 0.6) is 0 Å². The first kappa shape index (κ1) is 23.4. The second kappa shape index (κ2) is 10.0. The molecule has 1 aromatic heterocycles. The van der Waals surface area contributed by atoms with Gasteiger partial charge in [-0.2, -0.15) is 0 Å². The van der Waals surface area contributed by atoms with Gasteiger partial charge < -0.3 is 15.0 Å². The zero-order valence-corrected chi connectivity index (χ0v) is 19.2. The minimum atomic E-state index is -0.496. The molecule has 2 aromatic rings. The number of benzene rings is 1. The average Bonchev–Trinajstić information content (AvgIpc) is 3.37. The Labute approximate surface area is 196 Å². The van der Waals surface area contributed by atoms with Gasteiger partial charge in [-0.3, -0.25) is 19.9 Å². The van der Waals surface area contributed by atoms with Crippen molar-refractivity contribution in [3.63, 3.8) is 0 Å². The van der Waals surface area contributed by atoms with Gasteiger partial charge in [0.25, 0.3) is 0 Å². The SMILES string of the molecule is C=C(C)NC[C@H]1CN(c2ccc(N3CCN(CC(=O)Nc4nnnn4C)CC3)c(F)c2)C(=O)O1. The molecule has 13 heteroatoms. The number of nitrogens with zero attached hydrogens (tertiary/aromatic N) is 7. The lowest BCUT2D eigenvalue weighted by molar-refractivity contribution is -0.117. The number of hydrogen-bond acceptors (Lipinski definition) is 9. The molecule has 1 aromatic carbocycles. The lowest BCUT2D eigenvalue weighted by atomic mass is 10.2. The van der Waals surface area contributed by atoms with E-state index in [0.717, 1.165) is 5.70 Å². The van der Waals surface area contributed by atoms with Gasteiger partial charge >= 0.3 is 6.09 Å². The number of carbonyl (C=O) groups is 2. The van der Waals surface area contributed by atoms with E-state index in [4.69, 9.17) is 4.74 Å². The van der Waals surface area contributed by atoms with Gasteiger partial charge in [-0.15, -0.1) is 0 Å². The molecular weight excluding hydrogens is 445 g/mol. The van der Waals surface area contributed by atoms with Crippen LogP contribution in [0.3, 0.4) is 0 Å². The molecule has 2 amide bonds. The number of piperazine rings is 1. The summed E-state index contributed by atoms with van der Waals surface area (Å²) in [7, 11) is 1.64. The van der Waals surface area contributed by atoms with Gasteiger partial charge in [0.1, 0.15) is 11.9 Å². The molecule has 0 radical (unpaired) electrons. The summed E-state index contributed by atoms with van der Waals surface area (Å²) in [6, 6.07) is 4.77. The van der Waals surface area contributed by atoms with Crippen LogP contribution >= 0.6 is 0 Å². The molecule has 1 atom stereocenters. The van der Waals surface area contributed by atoms with Crippen LogP contribution in [0.25, 0.3) is 0 Å². The van der Waals surface area contributed by atoms with Crippen LogP contribution in [0.2, 0.25) is 0 Å². The highest BCUT2D eigenvalue weighted by molar-refractivity contribution is 5.91. The van der Waals surface area contributed by atoms with Crippen LogP contribution in [0.4, 0.5) is 26.5 Å². The minimum Gasteiger partial charge on any atom is -0.442 e. The number of cyclic esters (lactones) is 1. The fourth-order valence-electron chi connectivity index (χ4n) is 3.90. The first-order valence-electron chi connectivity index (χ1n) is 11.0. The van der Waals surface area contributed by atoms with Gasteiger partial charge in [-0.1, -0.05) is 11.7 Å². The summed E-state index contributed by atoms with van der Waals surface area (Å²) >= 11 is 0. The van der Waals surface area contributed by atoms with Crippen molar-refractivity contribution >= 4 is 29.3 Å². The topological polar surface area (TPSA) is 121 Å². The molecule has 0 spiro atoms. The second-order valence-electron chi connectivity index (χ2n) is 8.35. The number of amides is 2. The highest BCUT2D eigenvalue weighted by atomic mass is 19.1. The van der Waals surface area contributed by atoms with Gasteiger partial charge in [-0.25, -0.2) is 13.9 Å². The number of aromatic nitrogens is 4. The Morgan fingerprint density at radius 1 is 1.29 bits per heavy atom. The monoisotopic (exact) mass is 473 g/mol. The van der Waals surface area contributed by atoms with Crippen molar-refractivity contribution in [3.05, 3.63) is 36.3 Å². The molecule has 34 heavy (non-hydrogen) atoms. The van der Waals surface area contributed by atoms with E-state index in [1.54, 1.807) is 19.2 Å². The standard InChI is InChI=1S/C21H28FN9O3/c1-14(2)23-11-16-12-31(21(33)34-16)15-4-5-18(17(22)10-15)30-8-6-29(7-9-30)13-19(32)24-20-25-26-27-28(20)3/h4-5,10,16,23H,1,6-9,11-13H2,2-3H3,(H,24,25,27,32)/t16-/m0/s1. The third kappa shape index (κ3) is 5.42. The molecule has 2 fully saturated rings. The van der Waals surface area contributed by atoms with Crippen molar-refractivity contribution in [3.8, 4) is 0 Å². The van der Waals surface area contributed by atoms with Crippen molar-refractivity contribution < 1.29 is 18.7 Å². The molecule has 2 aliphatic heterocycles. The molecule has 2 saturated heterocycles. The maximum Gasteiger partial charge on any atom is 0.414 e. The second-order valence-corrected chi connectivity index (χ2v) is 8.35. The Morgan fingerprint density at radius 2 is 2.06 bits per heavy atom. The lowest BCUT2D eigenvalue weighted by Crippen LogP contribution is -2.49. The number of tetrazole rings is 1. The van der Waals surface area contributed by atoms with Crippen molar-refractivity contribution in [1.29, 1.82) is 0 Å². The van der Waals surface area contributed by atoms with E-state index in [9.17, 15) is 14.0 Å². The maximum absolute atomic E-state index is 15.0. The number of rotatable bonds is 8. The molecule has 2 aliphatic rings. The number of nitrogens with one attached hydrogen (secondary N) is 2. The minimum absolute atomic E-state index is 0.195. The predicted molar refractivity (Wildman–Crippen MR) is 123 cm³/mol. The van der Waals surface area contributed by atoms with E-state index in [1.165, 1.54) is 15.6 Å². The molecule has 3 heterocycles. The van der Waals surface area contributed by atoms with Crippen LogP contribution in [0, 0.1) is 5.82 Å². The highest BCUT2D eigenvalue weighted by Gasteiger charge is 2.33. The van der Waals surface area contributed by atoms with E-state index in [1.807, 2.05) is 16.7 Å². The first-order valence-corrected chi connectivity index (χ1v) is 11.0. The van der Waals surface area contributed by atoms with Crippen LogP contribution in [0.1, 0.15) is 6.92 Å². The number of ether oxygens (including phenoxy) is 1. The Balaban J connectivity index is 1.30. The fraction of sp³-hybridized carbons (Fsp3) is 0.476. The van der Waals surface area contributed by atoms with Gasteiger partial charge in [0.05, 0.1) is 31.0 Å². The Morgan fingerprint density at radius 3 is 2.71 bits per heavy atom. The normalized spacial score (nSPS) is 18.7. The van der Waals surface area contributed by atoms with Crippen molar-refractivity contribution in [2.24, 2.45) is 7.05 Å². The average molecular weight is 474 g/mol. The molecular formula is C21H28FN9O3. The summed E-state index contributed by atoms with van der Waals surface area (Å²) in [4.78, 5) is 29.8. The van der Waals surface area contributed by atoms with Crippen LogP contribution in [-0.4, -0.2) is 89.0 Å². The molecule has 0 saturated carbocycles. The van der Waals surface area contributed by atoms with Crippen LogP contribution in [0.15, 0.2) is 30.5 Å². The quantitative estimate of drug-likeness (QED) is 0.566. The molecule has 4 rings (SSSR count). The predicted octanol–water partition coefficient (Wildman–Crippen LogP) is 0.558. The Kier molecular flexibility index (Phi) is 6.91. The third-order valence-corrected chi connectivity index (χ3v) is 5.70. The van der Waals surface area contributed by atoms with Gasteiger partial charge in [-0.05, 0) is 35.5 Å². The van der Waals surface area contributed by atoms with Crippen LogP contribution in [-0.2, 0) is 16.6 Å².